The minimum Gasteiger partial charge on any atom is -0.373 e. The third-order valence-electron chi connectivity index (χ3n) is 4.79. The van der Waals surface area contributed by atoms with Gasteiger partial charge < -0.3 is 20.3 Å². The van der Waals surface area contributed by atoms with Crippen molar-refractivity contribution in [3.63, 3.8) is 0 Å². The fourth-order valence-corrected chi connectivity index (χ4v) is 3.64. The highest BCUT2D eigenvalue weighted by Crippen LogP contribution is 2.34. The maximum Gasteiger partial charge on any atom is 0.191 e. The van der Waals surface area contributed by atoms with Crippen molar-refractivity contribution in [3.05, 3.63) is 35.1 Å². The first kappa shape index (κ1) is 18.1. The Kier molecular flexibility index (Phi) is 5.91. The quantitative estimate of drug-likeness (QED) is 0.612. The molecule has 2 fully saturated rings. The van der Waals surface area contributed by atoms with Crippen molar-refractivity contribution in [2.24, 2.45) is 4.99 Å². The van der Waals surface area contributed by atoms with Gasteiger partial charge in [-0.15, -0.1) is 0 Å². The fourth-order valence-electron chi connectivity index (χ4n) is 3.64. The van der Waals surface area contributed by atoms with Gasteiger partial charge in [-0.25, -0.2) is 9.38 Å². The van der Waals surface area contributed by atoms with Crippen LogP contribution in [-0.2, 0) is 17.8 Å². The Morgan fingerprint density at radius 3 is 2.84 bits per heavy atom. The van der Waals surface area contributed by atoms with Crippen LogP contribution in [0.15, 0.2) is 23.2 Å². The zero-order chi connectivity index (χ0) is 17.8. The summed E-state index contributed by atoms with van der Waals surface area (Å²) >= 11 is 0. The van der Waals surface area contributed by atoms with E-state index >= 15 is 0 Å². The predicted molar refractivity (Wildman–Crippen MR) is 98.0 cm³/mol. The van der Waals surface area contributed by atoms with E-state index in [0.29, 0.717) is 36.9 Å². The molecule has 3 atom stereocenters. The predicted octanol–water partition coefficient (Wildman–Crippen LogP) is 2.26. The standard InChI is InChI=1S/C19H29FN4O/c1-4-21-19(23-17-10-15-6-8-18(17)25-15)22-11-13-5-7-16(20)14(9-13)12-24(2)3/h5,7,9,15,17-18H,4,6,8,10-12H2,1-3H3,(H2,21,22,23). The Labute approximate surface area is 149 Å². The summed E-state index contributed by atoms with van der Waals surface area (Å²) in [5.41, 5.74) is 1.72. The number of aliphatic imine (C=N–C) groups is 1. The number of halogens is 1. The molecule has 3 unspecified atom stereocenters. The second-order valence-corrected chi connectivity index (χ2v) is 7.22. The van der Waals surface area contributed by atoms with E-state index in [1.165, 1.54) is 12.5 Å². The van der Waals surface area contributed by atoms with Gasteiger partial charge in [-0.2, -0.15) is 0 Å². The van der Waals surface area contributed by atoms with E-state index in [1.807, 2.05) is 31.1 Å². The van der Waals surface area contributed by atoms with Crippen LogP contribution in [0.25, 0.3) is 0 Å². The van der Waals surface area contributed by atoms with Gasteiger partial charge in [0.25, 0.3) is 0 Å². The van der Waals surface area contributed by atoms with Gasteiger partial charge in [-0.3, -0.25) is 0 Å². The topological polar surface area (TPSA) is 48.9 Å². The third kappa shape index (κ3) is 4.70. The summed E-state index contributed by atoms with van der Waals surface area (Å²) in [6, 6.07) is 5.59. The number of benzene rings is 1. The molecule has 0 radical (unpaired) electrons. The second kappa shape index (κ2) is 8.15. The molecular weight excluding hydrogens is 319 g/mol. The highest BCUT2D eigenvalue weighted by Gasteiger charge is 2.41. The van der Waals surface area contributed by atoms with Crippen LogP contribution in [0.5, 0.6) is 0 Å². The average molecular weight is 348 g/mol. The van der Waals surface area contributed by atoms with Gasteiger partial charge in [-0.1, -0.05) is 6.07 Å². The number of ether oxygens (including phenoxy) is 1. The molecule has 6 heteroatoms. The largest absolute Gasteiger partial charge is 0.373 e. The maximum absolute atomic E-state index is 13.9. The summed E-state index contributed by atoms with van der Waals surface area (Å²) in [7, 11) is 3.88. The molecular formula is C19H29FN4O. The molecule has 25 heavy (non-hydrogen) atoms. The van der Waals surface area contributed by atoms with Crippen LogP contribution in [0.3, 0.4) is 0 Å². The molecule has 2 bridgehead atoms. The first-order valence-corrected chi connectivity index (χ1v) is 9.17. The SMILES string of the molecule is CCNC(=NCc1ccc(F)c(CN(C)C)c1)NC1CC2CCC1O2. The molecule has 0 spiro atoms. The van der Waals surface area contributed by atoms with Crippen molar-refractivity contribution < 1.29 is 9.13 Å². The van der Waals surface area contributed by atoms with Crippen LogP contribution in [0.1, 0.15) is 37.3 Å². The van der Waals surface area contributed by atoms with Crippen LogP contribution in [0.2, 0.25) is 0 Å². The van der Waals surface area contributed by atoms with E-state index in [1.54, 1.807) is 0 Å². The maximum atomic E-state index is 13.9. The molecule has 1 aromatic carbocycles. The van der Waals surface area contributed by atoms with E-state index < -0.39 is 0 Å². The molecule has 0 saturated carbocycles. The Morgan fingerprint density at radius 2 is 2.20 bits per heavy atom. The van der Waals surface area contributed by atoms with Gasteiger partial charge in [-0.05, 0) is 58.0 Å². The summed E-state index contributed by atoms with van der Waals surface area (Å²) in [4.78, 5) is 6.65. The molecule has 0 amide bonds. The summed E-state index contributed by atoms with van der Waals surface area (Å²) in [6.07, 6.45) is 4.09. The lowest BCUT2D eigenvalue weighted by Crippen LogP contribution is -2.47. The smallest absolute Gasteiger partial charge is 0.191 e. The first-order chi connectivity index (χ1) is 12.0. The number of nitrogens with zero attached hydrogens (tertiary/aromatic N) is 2. The van der Waals surface area contributed by atoms with Crippen molar-refractivity contribution in [2.45, 2.75) is 57.5 Å². The van der Waals surface area contributed by atoms with Crippen LogP contribution >= 0.6 is 0 Å². The van der Waals surface area contributed by atoms with E-state index in [9.17, 15) is 4.39 Å². The Hall–Kier alpha value is -1.66. The number of nitrogens with one attached hydrogen (secondary N) is 2. The zero-order valence-corrected chi connectivity index (χ0v) is 15.4. The summed E-state index contributed by atoms with van der Waals surface area (Å²) in [6.45, 7) is 3.98. The molecule has 5 nitrogen and oxygen atoms in total. The summed E-state index contributed by atoms with van der Waals surface area (Å²) < 4.78 is 19.8. The monoisotopic (exact) mass is 348 g/mol. The van der Waals surface area contributed by atoms with E-state index in [4.69, 9.17) is 4.74 Å². The van der Waals surface area contributed by atoms with E-state index in [2.05, 4.69) is 22.5 Å². The van der Waals surface area contributed by atoms with Crippen molar-refractivity contribution in [1.82, 2.24) is 15.5 Å². The van der Waals surface area contributed by atoms with Gasteiger partial charge in [0.1, 0.15) is 5.82 Å². The highest BCUT2D eigenvalue weighted by atomic mass is 19.1. The second-order valence-electron chi connectivity index (χ2n) is 7.22. The molecule has 1 aromatic rings. The Balaban J connectivity index is 1.64. The Morgan fingerprint density at radius 1 is 1.36 bits per heavy atom. The van der Waals surface area contributed by atoms with Crippen LogP contribution in [-0.4, -0.2) is 49.7 Å². The van der Waals surface area contributed by atoms with Gasteiger partial charge in [0.05, 0.1) is 24.8 Å². The molecule has 2 aliphatic rings. The van der Waals surface area contributed by atoms with Crippen molar-refractivity contribution in [2.75, 3.05) is 20.6 Å². The molecule has 2 N–H and O–H groups in total. The molecule has 0 aliphatic carbocycles. The van der Waals surface area contributed by atoms with Gasteiger partial charge in [0.15, 0.2) is 5.96 Å². The number of hydrogen-bond acceptors (Lipinski definition) is 3. The molecule has 0 aromatic heterocycles. The molecule has 3 rings (SSSR count). The van der Waals surface area contributed by atoms with Gasteiger partial charge >= 0.3 is 0 Å². The molecule has 2 heterocycles. The van der Waals surface area contributed by atoms with Crippen LogP contribution < -0.4 is 10.6 Å². The average Bonchev–Trinajstić information content (AvgIpc) is 3.18. The van der Waals surface area contributed by atoms with Gasteiger partial charge in [0.2, 0.25) is 0 Å². The van der Waals surface area contributed by atoms with Crippen LogP contribution in [0.4, 0.5) is 4.39 Å². The minimum absolute atomic E-state index is 0.161. The van der Waals surface area contributed by atoms with Crippen LogP contribution in [0, 0.1) is 5.82 Å². The first-order valence-electron chi connectivity index (χ1n) is 9.17. The minimum atomic E-state index is -0.161. The molecule has 2 saturated heterocycles. The van der Waals surface area contributed by atoms with Crippen molar-refractivity contribution in [1.29, 1.82) is 0 Å². The highest BCUT2D eigenvalue weighted by molar-refractivity contribution is 5.80. The van der Waals surface area contributed by atoms with E-state index in [0.717, 1.165) is 30.9 Å². The van der Waals surface area contributed by atoms with Gasteiger partial charge in [0, 0.05) is 18.7 Å². The van der Waals surface area contributed by atoms with E-state index in [-0.39, 0.29) is 5.82 Å². The number of hydrogen-bond donors (Lipinski definition) is 2. The fraction of sp³-hybridized carbons (Fsp3) is 0.632. The molecule has 138 valence electrons. The third-order valence-corrected chi connectivity index (χ3v) is 4.79. The Bertz CT molecular complexity index is 619. The number of guanidine groups is 1. The lowest BCUT2D eigenvalue weighted by molar-refractivity contribution is 0.0992. The van der Waals surface area contributed by atoms with Crippen molar-refractivity contribution in [3.8, 4) is 0 Å². The summed E-state index contributed by atoms with van der Waals surface area (Å²) in [5.74, 6) is 0.646. The summed E-state index contributed by atoms with van der Waals surface area (Å²) in [5, 5.41) is 6.81. The number of fused-ring (bicyclic) bond motifs is 2. The lowest BCUT2D eigenvalue weighted by Gasteiger charge is -2.22. The zero-order valence-electron chi connectivity index (χ0n) is 15.4. The molecule has 2 aliphatic heterocycles. The lowest BCUT2D eigenvalue weighted by atomic mass is 9.96. The normalized spacial score (nSPS) is 25.6. The van der Waals surface area contributed by atoms with Crippen molar-refractivity contribution >= 4 is 5.96 Å². The number of rotatable bonds is 6.